The number of carbonyl (C=O) groups excluding carboxylic acids is 2. The Morgan fingerprint density at radius 2 is 1.32 bits per heavy atom. The Bertz CT molecular complexity index is 875. The highest BCUT2D eigenvalue weighted by molar-refractivity contribution is 6.27. The van der Waals surface area contributed by atoms with E-state index in [1.807, 2.05) is 0 Å². The summed E-state index contributed by atoms with van der Waals surface area (Å²) in [6.45, 7) is 1.79. The molecule has 0 unspecified atom stereocenters. The molecule has 0 bridgehead atoms. The minimum atomic E-state index is -4.40. The van der Waals surface area contributed by atoms with Crippen molar-refractivity contribution < 1.29 is 22.8 Å². The number of allylic oxidation sites excluding steroid dienone is 2. The van der Waals surface area contributed by atoms with Gasteiger partial charge in [-0.05, 0) is 24.1 Å². The van der Waals surface area contributed by atoms with Gasteiger partial charge >= 0.3 is 6.18 Å². The van der Waals surface area contributed by atoms with Crippen molar-refractivity contribution in [3.63, 3.8) is 0 Å². The first-order chi connectivity index (χ1) is 11.8. The van der Waals surface area contributed by atoms with Gasteiger partial charge in [-0.3, -0.25) is 9.59 Å². The molecular weight excluding hydrogens is 329 g/mol. The highest BCUT2D eigenvalue weighted by Gasteiger charge is 2.32. The van der Waals surface area contributed by atoms with Gasteiger partial charge in [0.1, 0.15) is 0 Å². The summed E-state index contributed by atoms with van der Waals surface area (Å²) in [6, 6.07) is 11.3. The second kappa shape index (κ2) is 6.31. The van der Waals surface area contributed by atoms with E-state index >= 15 is 0 Å². The van der Waals surface area contributed by atoms with E-state index < -0.39 is 11.7 Å². The third kappa shape index (κ3) is 3.14. The average molecular weight is 344 g/mol. The maximum atomic E-state index is 12.8. The lowest BCUT2D eigenvalue weighted by Gasteiger charge is -2.20. The lowest BCUT2D eigenvalue weighted by atomic mass is 9.81. The van der Waals surface area contributed by atoms with Crippen LogP contribution in [0.25, 0.3) is 0 Å². The number of ketones is 2. The molecule has 5 heteroatoms. The molecule has 0 N–H and O–H groups in total. The Hall–Kier alpha value is -2.69. The average Bonchev–Trinajstić information content (AvgIpc) is 2.59. The molecule has 0 aromatic heterocycles. The Balaban J connectivity index is 1.98. The molecule has 0 saturated carbocycles. The van der Waals surface area contributed by atoms with E-state index in [0.717, 1.165) is 12.1 Å². The van der Waals surface area contributed by atoms with Gasteiger partial charge in [0.05, 0.1) is 5.56 Å². The molecule has 0 atom stereocenters. The molecule has 0 heterocycles. The number of hydrogen-bond donors (Lipinski definition) is 0. The molecule has 0 spiro atoms. The first kappa shape index (κ1) is 17.1. The first-order valence-corrected chi connectivity index (χ1v) is 7.89. The van der Waals surface area contributed by atoms with Crippen LogP contribution in [0.4, 0.5) is 13.2 Å². The molecule has 25 heavy (non-hydrogen) atoms. The van der Waals surface area contributed by atoms with Crippen LogP contribution in [-0.2, 0) is 12.6 Å². The number of fused-ring (bicyclic) bond motifs is 1. The van der Waals surface area contributed by atoms with Crippen LogP contribution in [0, 0.1) is 0 Å². The maximum absolute atomic E-state index is 12.8. The van der Waals surface area contributed by atoms with Gasteiger partial charge in [-0.15, -0.1) is 0 Å². The van der Waals surface area contributed by atoms with Crippen molar-refractivity contribution in [2.24, 2.45) is 0 Å². The van der Waals surface area contributed by atoms with Crippen LogP contribution in [0.2, 0.25) is 0 Å². The van der Waals surface area contributed by atoms with Crippen LogP contribution in [-0.4, -0.2) is 11.6 Å². The van der Waals surface area contributed by atoms with Crippen LogP contribution in [0.1, 0.15) is 45.2 Å². The number of benzene rings is 2. The summed E-state index contributed by atoms with van der Waals surface area (Å²) in [6.07, 6.45) is -3.86. The zero-order valence-electron chi connectivity index (χ0n) is 13.5. The Kier molecular flexibility index (Phi) is 4.33. The van der Waals surface area contributed by atoms with Gasteiger partial charge < -0.3 is 0 Å². The van der Waals surface area contributed by atoms with Crippen molar-refractivity contribution in [3.05, 3.63) is 81.9 Å². The van der Waals surface area contributed by atoms with Gasteiger partial charge in [0.25, 0.3) is 0 Å². The zero-order valence-corrected chi connectivity index (χ0v) is 13.5. The number of Topliss-reactive ketones (excluding diaryl/α,β-unsaturated/α-hetero) is 2. The van der Waals surface area contributed by atoms with Crippen LogP contribution >= 0.6 is 0 Å². The van der Waals surface area contributed by atoms with Gasteiger partial charge in [0.15, 0.2) is 11.6 Å². The number of rotatable bonds is 3. The summed E-state index contributed by atoms with van der Waals surface area (Å²) in [5.41, 5.74) is 1.37. The smallest absolute Gasteiger partial charge is 0.289 e. The number of halogens is 3. The van der Waals surface area contributed by atoms with Gasteiger partial charge in [0.2, 0.25) is 0 Å². The van der Waals surface area contributed by atoms with E-state index in [0.29, 0.717) is 34.3 Å². The van der Waals surface area contributed by atoms with E-state index in [2.05, 4.69) is 0 Å². The normalized spacial score (nSPS) is 14.7. The standard InChI is InChI=1S/C20H15F3O2/c1-2-14-17(11-12-7-9-13(10-8-12)20(21,22)23)19(25)16-6-4-3-5-15(16)18(14)24/h3-10H,2,11H2,1H3. The molecule has 1 aliphatic rings. The third-order valence-corrected chi connectivity index (χ3v) is 4.34. The summed E-state index contributed by atoms with van der Waals surface area (Å²) in [5, 5.41) is 0. The fourth-order valence-electron chi connectivity index (χ4n) is 3.05. The number of alkyl halides is 3. The summed E-state index contributed by atoms with van der Waals surface area (Å²) < 4.78 is 38.0. The first-order valence-electron chi connectivity index (χ1n) is 7.89. The van der Waals surface area contributed by atoms with Gasteiger partial charge in [0, 0.05) is 28.7 Å². The van der Waals surface area contributed by atoms with Gasteiger partial charge in [-0.25, -0.2) is 0 Å². The minimum absolute atomic E-state index is 0.139. The SMILES string of the molecule is CCC1=C(Cc2ccc(C(F)(F)F)cc2)C(=O)c2ccccc2C1=O. The van der Waals surface area contributed by atoms with Crippen molar-refractivity contribution in [3.8, 4) is 0 Å². The monoisotopic (exact) mass is 344 g/mol. The predicted octanol–water partition coefficient (Wildman–Crippen LogP) is 5.03. The molecule has 0 fully saturated rings. The maximum Gasteiger partial charge on any atom is 0.416 e. The highest BCUT2D eigenvalue weighted by Crippen LogP contribution is 2.32. The quantitative estimate of drug-likeness (QED) is 0.782. The summed E-state index contributed by atoms with van der Waals surface area (Å²) >= 11 is 0. The van der Waals surface area contributed by atoms with Crippen LogP contribution < -0.4 is 0 Å². The molecular formula is C20H15F3O2. The second-order valence-corrected chi connectivity index (χ2v) is 5.89. The molecule has 2 aromatic rings. The molecule has 0 aliphatic heterocycles. The van der Waals surface area contributed by atoms with Crippen molar-refractivity contribution in [1.82, 2.24) is 0 Å². The molecule has 0 saturated heterocycles. The molecule has 3 rings (SSSR count). The molecule has 2 nitrogen and oxygen atoms in total. The van der Waals surface area contributed by atoms with E-state index in [1.165, 1.54) is 12.1 Å². The number of carbonyl (C=O) groups is 2. The zero-order chi connectivity index (χ0) is 18.2. The van der Waals surface area contributed by atoms with E-state index in [-0.39, 0.29) is 18.0 Å². The Morgan fingerprint density at radius 1 is 0.800 bits per heavy atom. The van der Waals surface area contributed by atoms with Crippen LogP contribution in [0.5, 0.6) is 0 Å². The minimum Gasteiger partial charge on any atom is -0.289 e. The van der Waals surface area contributed by atoms with Crippen molar-refractivity contribution in [2.45, 2.75) is 25.9 Å². The van der Waals surface area contributed by atoms with Gasteiger partial charge in [-0.1, -0.05) is 43.3 Å². The summed E-state index contributed by atoms with van der Waals surface area (Å²) in [7, 11) is 0. The van der Waals surface area contributed by atoms with Crippen molar-refractivity contribution in [2.75, 3.05) is 0 Å². The highest BCUT2D eigenvalue weighted by atomic mass is 19.4. The molecule has 0 radical (unpaired) electrons. The largest absolute Gasteiger partial charge is 0.416 e. The lowest BCUT2D eigenvalue weighted by Crippen LogP contribution is -2.23. The third-order valence-electron chi connectivity index (χ3n) is 4.34. The summed E-state index contributed by atoms with van der Waals surface area (Å²) in [5.74, 6) is -0.411. The molecule has 128 valence electrons. The topological polar surface area (TPSA) is 34.1 Å². The Morgan fingerprint density at radius 3 is 1.80 bits per heavy atom. The van der Waals surface area contributed by atoms with E-state index in [9.17, 15) is 22.8 Å². The fraction of sp³-hybridized carbons (Fsp3) is 0.200. The van der Waals surface area contributed by atoms with Crippen molar-refractivity contribution in [1.29, 1.82) is 0 Å². The predicted molar refractivity (Wildman–Crippen MR) is 87.6 cm³/mol. The Labute approximate surface area is 143 Å². The van der Waals surface area contributed by atoms with E-state index in [1.54, 1.807) is 31.2 Å². The van der Waals surface area contributed by atoms with Gasteiger partial charge in [-0.2, -0.15) is 13.2 Å². The number of hydrogen-bond acceptors (Lipinski definition) is 2. The van der Waals surface area contributed by atoms with E-state index in [4.69, 9.17) is 0 Å². The van der Waals surface area contributed by atoms with Crippen LogP contribution in [0.15, 0.2) is 59.7 Å². The molecule has 0 amide bonds. The molecule has 2 aromatic carbocycles. The summed E-state index contributed by atoms with van der Waals surface area (Å²) in [4.78, 5) is 25.4. The fourth-order valence-corrected chi connectivity index (χ4v) is 3.05. The molecule has 1 aliphatic carbocycles. The second-order valence-electron chi connectivity index (χ2n) is 5.89. The van der Waals surface area contributed by atoms with Crippen molar-refractivity contribution >= 4 is 11.6 Å². The lowest BCUT2D eigenvalue weighted by molar-refractivity contribution is -0.137. The van der Waals surface area contributed by atoms with Crippen LogP contribution in [0.3, 0.4) is 0 Å².